The zero-order valence-corrected chi connectivity index (χ0v) is 17.7. The largest absolute Gasteiger partial charge is 0.482 e. The highest BCUT2D eigenvalue weighted by Crippen LogP contribution is 2.44. The molecule has 1 amide bonds. The smallest absolute Gasteiger partial charge is 0.255 e. The molecule has 1 aliphatic heterocycles. The van der Waals surface area contributed by atoms with Gasteiger partial charge in [-0.3, -0.25) is 4.79 Å². The van der Waals surface area contributed by atoms with E-state index in [0.29, 0.717) is 16.8 Å². The highest BCUT2D eigenvalue weighted by atomic mass is 79.9. The molecule has 1 N–H and O–H groups in total. The van der Waals surface area contributed by atoms with E-state index >= 15 is 0 Å². The lowest BCUT2D eigenvalue weighted by atomic mass is 9.87. The van der Waals surface area contributed by atoms with Crippen molar-refractivity contribution in [2.24, 2.45) is 5.92 Å². The molecule has 0 bridgehead atoms. The number of anilines is 1. The summed E-state index contributed by atoms with van der Waals surface area (Å²) in [5, 5.41) is 2.76. The number of rotatable bonds is 3. The number of halogens is 2. The minimum Gasteiger partial charge on any atom is -0.482 e. The maximum Gasteiger partial charge on any atom is 0.255 e. The van der Waals surface area contributed by atoms with Crippen molar-refractivity contribution in [3.05, 3.63) is 63.4 Å². The van der Waals surface area contributed by atoms with Crippen LogP contribution in [0.4, 0.5) is 10.1 Å². The zero-order valence-electron chi connectivity index (χ0n) is 16.1. The summed E-state index contributed by atoms with van der Waals surface area (Å²) in [6, 6.07) is 8.23. The molecule has 3 rings (SSSR count). The highest BCUT2D eigenvalue weighted by Gasteiger charge is 2.30. The summed E-state index contributed by atoms with van der Waals surface area (Å²) in [7, 11) is 0. The Bertz CT molecular complexity index is 948. The molecule has 1 heterocycles. The zero-order chi connectivity index (χ0) is 19.9. The van der Waals surface area contributed by atoms with Crippen LogP contribution in [0.3, 0.4) is 0 Å². The summed E-state index contributed by atoms with van der Waals surface area (Å²) < 4.78 is 20.6. The van der Waals surface area contributed by atoms with Crippen LogP contribution in [0.2, 0.25) is 0 Å². The van der Waals surface area contributed by atoms with E-state index in [-0.39, 0.29) is 17.6 Å². The van der Waals surface area contributed by atoms with Crippen molar-refractivity contribution in [1.82, 2.24) is 0 Å². The molecule has 2 aromatic carbocycles. The number of hydrogen-bond acceptors (Lipinski definition) is 2. The Kier molecular flexibility index (Phi) is 5.17. The first-order valence-corrected chi connectivity index (χ1v) is 9.70. The van der Waals surface area contributed by atoms with Gasteiger partial charge in [0.25, 0.3) is 5.91 Å². The Morgan fingerprint density at radius 2 is 1.93 bits per heavy atom. The number of amides is 1. The third-order valence-corrected chi connectivity index (χ3v) is 5.13. The normalized spacial score (nSPS) is 15.0. The van der Waals surface area contributed by atoms with E-state index in [1.807, 2.05) is 19.9 Å². The van der Waals surface area contributed by atoms with E-state index in [1.54, 1.807) is 25.1 Å². The van der Waals surface area contributed by atoms with E-state index in [4.69, 9.17) is 4.74 Å². The molecular weight excluding hydrogens is 409 g/mol. The molecule has 5 heteroatoms. The number of allylic oxidation sites excluding steroid dienone is 1. The van der Waals surface area contributed by atoms with Gasteiger partial charge in [-0.1, -0.05) is 19.9 Å². The van der Waals surface area contributed by atoms with E-state index in [2.05, 4.69) is 41.2 Å². The van der Waals surface area contributed by atoms with Gasteiger partial charge in [0.1, 0.15) is 17.2 Å². The minimum absolute atomic E-state index is 0.281. The molecule has 0 aromatic heterocycles. The Labute approximate surface area is 167 Å². The summed E-state index contributed by atoms with van der Waals surface area (Å²) in [5.41, 5.74) is 3.07. The van der Waals surface area contributed by atoms with E-state index in [0.717, 1.165) is 21.4 Å². The van der Waals surface area contributed by atoms with Crippen LogP contribution in [0.1, 0.15) is 49.2 Å². The SMILES string of the molecule is Cc1ccc(NC(=O)c2cc(Br)c3c(c2)C(C(C)C)=CC(C)(C)O3)cc1F. The number of carbonyl (C=O) groups is 1. The first-order valence-electron chi connectivity index (χ1n) is 8.90. The molecule has 142 valence electrons. The van der Waals surface area contributed by atoms with Gasteiger partial charge in [0.2, 0.25) is 0 Å². The molecule has 27 heavy (non-hydrogen) atoms. The minimum atomic E-state index is -0.418. The molecule has 0 saturated carbocycles. The Balaban J connectivity index is 1.99. The summed E-state index contributed by atoms with van der Waals surface area (Å²) in [4.78, 5) is 12.7. The van der Waals surface area contributed by atoms with E-state index in [1.165, 1.54) is 6.07 Å². The number of hydrogen-bond donors (Lipinski definition) is 1. The van der Waals surface area contributed by atoms with Crippen molar-refractivity contribution in [1.29, 1.82) is 0 Å². The van der Waals surface area contributed by atoms with Crippen molar-refractivity contribution in [2.75, 3.05) is 5.32 Å². The lowest BCUT2D eigenvalue weighted by molar-refractivity contribution is 0.102. The van der Waals surface area contributed by atoms with Crippen LogP contribution in [0.25, 0.3) is 5.57 Å². The molecule has 0 spiro atoms. The number of carbonyl (C=O) groups excluding carboxylic acids is 1. The van der Waals surface area contributed by atoms with Gasteiger partial charge < -0.3 is 10.1 Å². The number of nitrogens with one attached hydrogen (secondary N) is 1. The van der Waals surface area contributed by atoms with Gasteiger partial charge in [-0.2, -0.15) is 0 Å². The van der Waals surface area contributed by atoms with Crippen molar-refractivity contribution < 1.29 is 13.9 Å². The first-order chi connectivity index (χ1) is 12.6. The molecular formula is C22H23BrFNO2. The van der Waals surface area contributed by atoms with E-state index < -0.39 is 5.60 Å². The van der Waals surface area contributed by atoms with E-state index in [9.17, 15) is 9.18 Å². The Morgan fingerprint density at radius 1 is 1.22 bits per heavy atom. The fourth-order valence-corrected chi connectivity index (χ4v) is 3.68. The number of fused-ring (bicyclic) bond motifs is 1. The molecule has 0 unspecified atom stereocenters. The van der Waals surface area contributed by atoms with Crippen molar-refractivity contribution >= 4 is 33.1 Å². The summed E-state index contributed by atoms with van der Waals surface area (Å²) >= 11 is 3.54. The van der Waals surface area contributed by atoms with Gasteiger partial charge in [0.05, 0.1) is 4.47 Å². The predicted molar refractivity (Wildman–Crippen MR) is 111 cm³/mol. The first kappa shape index (κ1) is 19.6. The molecule has 0 atom stereocenters. The second-order valence-corrected chi connectivity index (χ2v) is 8.57. The maximum atomic E-state index is 13.8. The highest BCUT2D eigenvalue weighted by molar-refractivity contribution is 9.10. The molecule has 0 aliphatic carbocycles. The van der Waals surface area contributed by atoms with Crippen LogP contribution in [0, 0.1) is 18.7 Å². The second kappa shape index (κ2) is 7.12. The lowest BCUT2D eigenvalue weighted by Gasteiger charge is -2.33. The van der Waals surface area contributed by atoms with Crippen LogP contribution >= 0.6 is 15.9 Å². The topological polar surface area (TPSA) is 38.3 Å². The summed E-state index contributed by atoms with van der Waals surface area (Å²) in [6.07, 6.45) is 2.10. The third-order valence-electron chi connectivity index (χ3n) is 4.54. The van der Waals surface area contributed by atoms with Gasteiger partial charge >= 0.3 is 0 Å². The van der Waals surface area contributed by atoms with Crippen LogP contribution in [-0.4, -0.2) is 11.5 Å². The van der Waals surface area contributed by atoms with Gasteiger partial charge in [0.15, 0.2) is 0 Å². The number of benzene rings is 2. The average Bonchev–Trinajstić information content (AvgIpc) is 2.57. The van der Waals surface area contributed by atoms with Crippen molar-refractivity contribution in [3.63, 3.8) is 0 Å². The third kappa shape index (κ3) is 4.08. The number of ether oxygens (including phenoxy) is 1. The maximum absolute atomic E-state index is 13.8. The molecule has 0 fully saturated rings. The summed E-state index contributed by atoms with van der Waals surface area (Å²) in [6.45, 7) is 9.94. The van der Waals surface area contributed by atoms with Gasteiger partial charge in [-0.25, -0.2) is 4.39 Å². The molecule has 2 aromatic rings. The quantitative estimate of drug-likeness (QED) is 0.613. The van der Waals surface area contributed by atoms with Crippen LogP contribution < -0.4 is 10.1 Å². The van der Waals surface area contributed by atoms with Crippen LogP contribution in [-0.2, 0) is 0 Å². The van der Waals surface area contributed by atoms with Gasteiger partial charge in [-0.05, 0) is 84.1 Å². The lowest BCUT2D eigenvalue weighted by Crippen LogP contribution is -2.30. The fourth-order valence-electron chi connectivity index (χ4n) is 3.14. The Morgan fingerprint density at radius 3 is 2.56 bits per heavy atom. The Hall–Kier alpha value is -2.14. The fraction of sp³-hybridized carbons (Fsp3) is 0.318. The molecule has 0 saturated heterocycles. The molecule has 0 radical (unpaired) electrons. The molecule has 3 nitrogen and oxygen atoms in total. The number of aryl methyl sites for hydroxylation is 1. The second-order valence-electron chi connectivity index (χ2n) is 7.71. The van der Waals surface area contributed by atoms with Gasteiger partial charge in [0, 0.05) is 16.8 Å². The molecule has 1 aliphatic rings. The van der Waals surface area contributed by atoms with Crippen LogP contribution in [0.5, 0.6) is 5.75 Å². The standard InChI is InChI=1S/C22H23BrFNO2/c1-12(2)17-11-22(4,5)27-20-16(17)8-14(9-18(20)23)21(26)25-15-7-6-13(3)19(24)10-15/h6-12H,1-5H3,(H,25,26). The summed E-state index contributed by atoms with van der Waals surface area (Å²) in [5.74, 6) is 0.377. The van der Waals surface area contributed by atoms with Crippen molar-refractivity contribution in [2.45, 2.75) is 40.2 Å². The monoisotopic (exact) mass is 431 g/mol. The van der Waals surface area contributed by atoms with Gasteiger partial charge in [-0.15, -0.1) is 0 Å². The van der Waals surface area contributed by atoms with Crippen molar-refractivity contribution in [3.8, 4) is 5.75 Å². The predicted octanol–water partition coefficient (Wildman–Crippen LogP) is 6.36. The van der Waals surface area contributed by atoms with Crippen LogP contribution in [0.15, 0.2) is 40.9 Å². The average molecular weight is 432 g/mol.